The predicted octanol–water partition coefficient (Wildman–Crippen LogP) is 2.12. The van der Waals surface area contributed by atoms with Gasteiger partial charge in [0.25, 0.3) is 0 Å². The second kappa shape index (κ2) is 7.57. The lowest BCUT2D eigenvalue weighted by Crippen LogP contribution is -2.19. The standard InChI is InChI=1S/C18H20N6O/c1-13(18-21-22-23-24(18)16-6-4-3-5-7-16)20-15-10-8-14(9-11-15)12-17(25)19-2/h3-11,13,20H,12H2,1-2H3,(H,19,25)/t13-/m0/s1. The van der Waals surface area contributed by atoms with Crippen molar-refractivity contribution in [2.75, 3.05) is 12.4 Å². The molecule has 0 fully saturated rings. The van der Waals surface area contributed by atoms with Crippen molar-refractivity contribution in [3.63, 3.8) is 0 Å². The highest BCUT2D eigenvalue weighted by atomic mass is 16.1. The van der Waals surface area contributed by atoms with Crippen LogP contribution in [0.4, 0.5) is 5.69 Å². The Hall–Kier alpha value is -3.22. The molecule has 7 nitrogen and oxygen atoms in total. The molecule has 0 aliphatic heterocycles. The van der Waals surface area contributed by atoms with Gasteiger partial charge in [-0.2, -0.15) is 4.68 Å². The summed E-state index contributed by atoms with van der Waals surface area (Å²) in [6.07, 6.45) is 0.374. The van der Waals surface area contributed by atoms with Gasteiger partial charge in [0.15, 0.2) is 5.82 Å². The Bertz CT molecular complexity index is 828. The molecule has 1 aromatic heterocycles. The molecule has 0 saturated heterocycles. The van der Waals surface area contributed by atoms with Crippen molar-refractivity contribution < 1.29 is 4.79 Å². The molecule has 7 heteroatoms. The van der Waals surface area contributed by atoms with Crippen LogP contribution < -0.4 is 10.6 Å². The fourth-order valence-corrected chi connectivity index (χ4v) is 2.52. The summed E-state index contributed by atoms with van der Waals surface area (Å²) in [6, 6.07) is 17.5. The van der Waals surface area contributed by atoms with Crippen molar-refractivity contribution in [1.29, 1.82) is 0 Å². The number of hydrogen-bond donors (Lipinski definition) is 2. The summed E-state index contributed by atoms with van der Waals surface area (Å²) >= 11 is 0. The predicted molar refractivity (Wildman–Crippen MR) is 95.4 cm³/mol. The minimum atomic E-state index is -0.0833. The molecule has 3 rings (SSSR count). The fraction of sp³-hybridized carbons (Fsp3) is 0.222. The summed E-state index contributed by atoms with van der Waals surface area (Å²) in [6.45, 7) is 2.00. The van der Waals surface area contributed by atoms with Crippen molar-refractivity contribution >= 4 is 11.6 Å². The van der Waals surface area contributed by atoms with Crippen molar-refractivity contribution in [3.05, 3.63) is 66.0 Å². The van der Waals surface area contributed by atoms with Crippen LogP contribution >= 0.6 is 0 Å². The molecule has 128 valence electrons. The summed E-state index contributed by atoms with van der Waals surface area (Å²) in [4.78, 5) is 11.4. The maximum absolute atomic E-state index is 11.4. The Labute approximate surface area is 146 Å². The molecule has 0 radical (unpaired) electrons. The van der Waals surface area contributed by atoms with Crippen molar-refractivity contribution in [2.24, 2.45) is 0 Å². The van der Waals surface area contributed by atoms with Crippen molar-refractivity contribution in [1.82, 2.24) is 25.5 Å². The molecular weight excluding hydrogens is 316 g/mol. The molecule has 0 saturated carbocycles. The minimum Gasteiger partial charge on any atom is -0.375 e. The topological polar surface area (TPSA) is 84.7 Å². The average molecular weight is 336 g/mol. The van der Waals surface area contributed by atoms with Crippen LogP contribution in [0.3, 0.4) is 0 Å². The number of carbonyl (C=O) groups is 1. The zero-order valence-electron chi connectivity index (χ0n) is 14.2. The number of rotatable bonds is 6. The number of hydrogen-bond acceptors (Lipinski definition) is 5. The van der Waals surface area contributed by atoms with Crippen LogP contribution in [0.15, 0.2) is 54.6 Å². The van der Waals surface area contributed by atoms with E-state index in [9.17, 15) is 4.79 Å². The highest BCUT2D eigenvalue weighted by Crippen LogP contribution is 2.19. The summed E-state index contributed by atoms with van der Waals surface area (Å²) in [5, 5.41) is 18.0. The van der Waals surface area contributed by atoms with E-state index < -0.39 is 0 Å². The lowest BCUT2D eigenvalue weighted by Gasteiger charge is -2.15. The second-order valence-electron chi connectivity index (χ2n) is 5.70. The van der Waals surface area contributed by atoms with E-state index in [2.05, 4.69) is 26.2 Å². The van der Waals surface area contributed by atoms with Gasteiger partial charge >= 0.3 is 0 Å². The first kappa shape index (κ1) is 16.6. The van der Waals surface area contributed by atoms with Gasteiger partial charge < -0.3 is 10.6 Å². The van der Waals surface area contributed by atoms with Gasteiger partial charge in [0.2, 0.25) is 5.91 Å². The maximum atomic E-state index is 11.4. The van der Waals surface area contributed by atoms with Gasteiger partial charge in [0, 0.05) is 12.7 Å². The van der Waals surface area contributed by atoms with E-state index in [0.29, 0.717) is 6.42 Å². The molecule has 25 heavy (non-hydrogen) atoms. The molecule has 2 N–H and O–H groups in total. The number of nitrogens with one attached hydrogen (secondary N) is 2. The smallest absolute Gasteiger partial charge is 0.224 e. The largest absolute Gasteiger partial charge is 0.375 e. The normalized spacial score (nSPS) is 11.8. The van der Waals surface area contributed by atoms with Gasteiger partial charge in [-0.25, -0.2) is 0 Å². The Balaban J connectivity index is 1.72. The summed E-state index contributed by atoms with van der Waals surface area (Å²) in [5.74, 6) is 0.719. The number of likely N-dealkylation sites (N-methyl/N-ethyl adjacent to an activating group) is 1. The number of aromatic nitrogens is 4. The fourth-order valence-electron chi connectivity index (χ4n) is 2.52. The molecule has 0 aliphatic carbocycles. The van der Waals surface area contributed by atoms with Gasteiger partial charge in [0.1, 0.15) is 0 Å². The van der Waals surface area contributed by atoms with E-state index in [1.807, 2.05) is 61.5 Å². The molecule has 0 bridgehead atoms. The lowest BCUT2D eigenvalue weighted by molar-refractivity contribution is -0.119. The van der Waals surface area contributed by atoms with Crippen LogP contribution in [-0.2, 0) is 11.2 Å². The summed E-state index contributed by atoms with van der Waals surface area (Å²) in [7, 11) is 1.64. The van der Waals surface area contributed by atoms with Crippen LogP contribution in [0.2, 0.25) is 0 Å². The van der Waals surface area contributed by atoms with Crippen molar-refractivity contribution in [2.45, 2.75) is 19.4 Å². The molecule has 1 atom stereocenters. The van der Waals surface area contributed by atoms with Gasteiger partial charge in [-0.3, -0.25) is 4.79 Å². The van der Waals surface area contributed by atoms with E-state index in [1.165, 1.54) is 0 Å². The monoisotopic (exact) mass is 336 g/mol. The Morgan fingerprint density at radius 2 is 1.84 bits per heavy atom. The van der Waals surface area contributed by atoms with Crippen molar-refractivity contribution in [3.8, 4) is 5.69 Å². The number of nitrogens with zero attached hydrogens (tertiary/aromatic N) is 4. The van der Waals surface area contributed by atoms with E-state index in [0.717, 1.165) is 22.8 Å². The first-order chi connectivity index (χ1) is 12.2. The van der Waals surface area contributed by atoms with E-state index in [4.69, 9.17) is 0 Å². The van der Waals surface area contributed by atoms with Gasteiger partial charge in [-0.1, -0.05) is 30.3 Å². The molecule has 2 aromatic carbocycles. The number of carbonyl (C=O) groups excluding carboxylic acids is 1. The Morgan fingerprint density at radius 3 is 2.52 bits per heavy atom. The molecule has 1 heterocycles. The number of amides is 1. The van der Waals surface area contributed by atoms with Crippen LogP contribution in [0, 0.1) is 0 Å². The number of anilines is 1. The summed E-state index contributed by atoms with van der Waals surface area (Å²) in [5.41, 5.74) is 2.82. The van der Waals surface area contributed by atoms with E-state index >= 15 is 0 Å². The molecule has 0 aliphatic rings. The van der Waals surface area contributed by atoms with Gasteiger partial charge in [-0.05, 0) is 47.2 Å². The average Bonchev–Trinajstić information content (AvgIpc) is 3.14. The van der Waals surface area contributed by atoms with E-state index in [-0.39, 0.29) is 11.9 Å². The zero-order chi connectivity index (χ0) is 17.6. The summed E-state index contributed by atoms with van der Waals surface area (Å²) < 4.78 is 1.72. The lowest BCUT2D eigenvalue weighted by atomic mass is 10.1. The van der Waals surface area contributed by atoms with Crippen LogP contribution in [0.1, 0.15) is 24.4 Å². The highest BCUT2D eigenvalue weighted by Gasteiger charge is 2.15. The SMILES string of the molecule is CNC(=O)Cc1ccc(N[C@@H](C)c2nnnn2-c2ccccc2)cc1. The number of benzene rings is 2. The maximum Gasteiger partial charge on any atom is 0.224 e. The third kappa shape index (κ3) is 4.00. The van der Waals surface area contributed by atoms with Crippen LogP contribution in [-0.4, -0.2) is 33.2 Å². The van der Waals surface area contributed by atoms with Crippen LogP contribution in [0.5, 0.6) is 0 Å². The second-order valence-corrected chi connectivity index (χ2v) is 5.70. The Morgan fingerprint density at radius 1 is 1.12 bits per heavy atom. The van der Waals surface area contributed by atoms with Gasteiger partial charge in [-0.15, -0.1) is 5.10 Å². The Kier molecular flexibility index (Phi) is 5.03. The minimum absolute atomic E-state index is 0.00360. The van der Waals surface area contributed by atoms with Gasteiger partial charge in [0.05, 0.1) is 18.2 Å². The molecular formula is C18H20N6O. The van der Waals surface area contributed by atoms with E-state index in [1.54, 1.807) is 11.7 Å². The molecule has 0 unspecified atom stereocenters. The first-order valence-corrected chi connectivity index (χ1v) is 8.07. The quantitative estimate of drug-likeness (QED) is 0.720. The molecule has 3 aromatic rings. The third-order valence-corrected chi connectivity index (χ3v) is 3.86. The first-order valence-electron chi connectivity index (χ1n) is 8.07. The highest BCUT2D eigenvalue weighted by molar-refractivity contribution is 5.78. The zero-order valence-corrected chi connectivity index (χ0v) is 14.2. The number of tetrazole rings is 1. The molecule has 0 spiro atoms. The molecule has 1 amide bonds. The third-order valence-electron chi connectivity index (χ3n) is 3.86. The number of para-hydroxylation sites is 1. The van der Waals surface area contributed by atoms with Crippen LogP contribution in [0.25, 0.3) is 5.69 Å².